The lowest BCUT2D eigenvalue weighted by Crippen LogP contribution is -2.03. The van der Waals surface area contributed by atoms with E-state index in [0.29, 0.717) is 12.2 Å². The molecule has 0 saturated carbocycles. The van der Waals surface area contributed by atoms with Crippen LogP contribution in [0.5, 0.6) is 0 Å². The molecular formula is C17H15NO4. The number of nitro benzene ring substituents is 1. The molecule has 2 aromatic carbocycles. The Kier molecular flexibility index (Phi) is 5.03. The fourth-order valence-corrected chi connectivity index (χ4v) is 1.88. The van der Waals surface area contributed by atoms with E-state index in [1.165, 1.54) is 12.1 Å². The molecule has 112 valence electrons. The predicted molar refractivity (Wildman–Crippen MR) is 84.4 cm³/mol. The Hall–Kier alpha value is -2.95. The second-order valence-corrected chi connectivity index (χ2v) is 4.53. The smallest absolute Gasteiger partial charge is 0.338 e. The molecule has 0 atom stereocenters. The van der Waals surface area contributed by atoms with E-state index in [2.05, 4.69) is 0 Å². The molecule has 0 bridgehead atoms. The van der Waals surface area contributed by atoms with Crippen LogP contribution in [0.25, 0.3) is 12.2 Å². The lowest BCUT2D eigenvalue weighted by atomic mass is 10.1. The fraction of sp³-hybridized carbons (Fsp3) is 0.118. The van der Waals surface area contributed by atoms with Crippen molar-refractivity contribution in [1.29, 1.82) is 0 Å². The molecule has 0 aliphatic heterocycles. The second kappa shape index (κ2) is 7.17. The van der Waals surface area contributed by atoms with Gasteiger partial charge in [0.1, 0.15) is 0 Å². The molecule has 0 unspecified atom stereocenters. The van der Waals surface area contributed by atoms with Crippen LogP contribution in [0.2, 0.25) is 0 Å². The molecule has 0 aliphatic rings. The monoisotopic (exact) mass is 297 g/mol. The largest absolute Gasteiger partial charge is 0.462 e. The molecule has 2 aromatic rings. The van der Waals surface area contributed by atoms with Gasteiger partial charge in [-0.25, -0.2) is 4.79 Å². The van der Waals surface area contributed by atoms with Gasteiger partial charge in [-0.2, -0.15) is 0 Å². The summed E-state index contributed by atoms with van der Waals surface area (Å²) < 4.78 is 4.91. The lowest BCUT2D eigenvalue weighted by Gasteiger charge is -2.01. The second-order valence-electron chi connectivity index (χ2n) is 4.53. The predicted octanol–water partition coefficient (Wildman–Crippen LogP) is 3.94. The van der Waals surface area contributed by atoms with Crippen LogP contribution in [0.15, 0.2) is 48.5 Å². The molecule has 0 saturated heterocycles. The Morgan fingerprint density at radius 3 is 2.45 bits per heavy atom. The maximum atomic E-state index is 11.5. The zero-order chi connectivity index (χ0) is 15.9. The van der Waals surface area contributed by atoms with Gasteiger partial charge in [0.2, 0.25) is 0 Å². The van der Waals surface area contributed by atoms with Crippen molar-refractivity contribution in [3.8, 4) is 0 Å². The van der Waals surface area contributed by atoms with Crippen LogP contribution < -0.4 is 0 Å². The Labute approximate surface area is 128 Å². The number of esters is 1. The van der Waals surface area contributed by atoms with Gasteiger partial charge in [0.15, 0.2) is 0 Å². The summed E-state index contributed by atoms with van der Waals surface area (Å²) in [4.78, 5) is 21.8. The number of ether oxygens (including phenoxy) is 1. The number of nitro groups is 1. The van der Waals surface area contributed by atoms with Crippen molar-refractivity contribution < 1.29 is 14.5 Å². The van der Waals surface area contributed by atoms with E-state index < -0.39 is 4.92 Å². The van der Waals surface area contributed by atoms with Gasteiger partial charge in [-0.3, -0.25) is 10.1 Å². The molecule has 0 aliphatic carbocycles. The molecule has 2 rings (SSSR count). The summed E-state index contributed by atoms with van der Waals surface area (Å²) in [5.74, 6) is -0.350. The number of carbonyl (C=O) groups is 1. The molecule has 22 heavy (non-hydrogen) atoms. The normalized spacial score (nSPS) is 10.6. The number of carbonyl (C=O) groups excluding carboxylic acids is 1. The summed E-state index contributed by atoms with van der Waals surface area (Å²) in [6, 6.07) is 13.3. The molecule has 0 radical (unpaired) electrons. The van der Waals surface area contributed by atoms with Crippen molar-refractivity contribution in [3.63, 3.8) is 0 Å². The molecular weight excluding hydrogens is 282 g/mol. The summed E-state index contributed by atoms with van der Waals surface area (Å²) in [5, 5.41) is 10.7. The van der Waals surface area contributed by atoms with Crippen molar-refractivity contribution >= 4 is 23.8 Å². The molecule has 0 fully saturated rings. The van der Waals surface area contributed by atoms with Crippen molar-refractivity contribution in [2.45, 2.75) is 6.92 Å². The molecule has 5 nitrogen and oxygen atoms in total. The highest BCUT2D eigenvalue weighted by Crippen LogP contribution is 2.16. The van der Waals surface area contributed by atoms with Crippen molar-refractivity contribution in [2.75, 3.05) is 6.61 Å². The standard InChI is InChI=1S/C17H15NO4/c1-2-22-17(19)15-10-8-13(9-11-15)6-7-14-4-3-5-16(12-14)18(20)21/h3-12H,2H2,1H3/b7-6+. The highest BCUT2D eigenvalue weighted by molar-refractivity contribution is 5.89. The molecule has 5 heteroatoms. The summed E-state index contributed by atoms with van der Waals surface area (Å²) in [7, 11) is 0. The van der Waals surface area contributed by atoms with Gasteiger partial charge in [-0.1, -0.05) is 36.4 Å². The summed E-state index contributed by atoms with van der Waals surface area (Å²) in [6.45, 7) is 2.10. The number of benzene rings is 2. The van der Waals surface area contributed by atoms with Crippen molar-refractivity contribution in [2.24, 2.45) is 0 Å². The minimum atomic E-state index is -0.425. The Morgan fingerprint density at radius 1 is 1.14 bits per heavy atom. The maximum Gasteiger partial charge on any atom is 0.338 e. The van der Waals surface area contributed by atoms with E-state index >= 15 is 0 Å². The lowest BCUT2D eigenvalue weighted by molar-refractivity contribution is -0.384. The third-order valence-corrected chi connectivity index (χ3v) is 2.97. The first-order chi connectivity index (χ1) is 10.6. The molecule has 0 amide bonds. The zero-order valence-corrected chi connectivity index (χ0v) is 12.1. The van der Waals surface area contributed by atoms with Crippen LogP contribution in [0, 0.1) is 10.1 Å². The van der Waals surface area contributed by atoms with Crippen LogP contribution in [0.1, 0.15) is 28.4 Å². The summed E-state index contributed by atoms with van der Waals surface area (Å²) >= 11 is 0. The number of hydrogen-bond donors (Lipinski definition) is 0. The zero-order valence-electron chi connectivity index (χ0n) is 12.1. The van der Waals surface area contributed by atoms with Crippen LogP contribution in [0.4, 0.5) is 5.69 Å². The van der Waals surface area contributed by atoms with E-state index in [-0.39, 0.29) is 11.7 Å². The maximum absolute atomic E-state index is 11.5. The first-order valence-electron chi connectivity index (χ1n) is 6.80. The molecule has 0 N–H and O–H groups in total. The first-order valence-corrected chi connectivity index (χ1v) is 6.80. The highest BCUT2D eigenvalue weighted by atomic mass is 16.6. The number of nitrogens with zero attached hydrogens (tertiary/aromatic N) is 1. The van der Waals surface area contributed by atoms with E-state index in [0.717, 1.165) is 11.1 Å². The average molecular weight is 297 g/mol. The molecule has 0 spiro atoms. The topological polar surface area (TPSA) is 69.4 Å². The molecule has 0 aromatic heterocycles. The number of rotatable bonds is 5. The Morgan fingerprint density at radius 2 is 1.82 bits per heavy atom. The molecule has 0 heterocycles. The Bertz CT molecular complexity index is 705. The fourth-order valence-electron chi connectivity index (χ4n) is 1.88. The number of hydrogen-bond acceptors (Lipinski definition) is 4. The minimum absolute atomic E-state index is 0.0554. The van der Waals surface area contributed by atoms with Gasteiger partial charge < -0.3 is 4.74 Å². The van der Waals surface area contributed by atoms with Gasteiger partial charge in [-0.05, 0) is 30.2 Å². The summed E-state index contributed by atoms with van der Waals surface area (Å²) in [5.41, 5.74) is 2.18. The van der Waals surface area contributed by atoms with Gasteiger partial charge in [0, 0.05) is 12.1 Å². The van der Waals surface area contributed by atoms with Gasteiger partial charge in [-0.15, -0.1) is 0 Å². The van der Waals surface area contributed by atoms with Crippen molar-refractivity contribution in [1.82, 2.24) is 0 Å². The quantitative estimate of drug-likeness (QED) is 0.363. The number of non-ortho nitro benzene ring substituents is 1. The third kappa shape index (κ3) is 4.02. The van der Waals surface area contributed by atoms with Crippen LogP contribution in [0.3, 0.4) is 0 Å². The Balaban J connectivity index is 2.12. The average Bonchev–Trinajstić information content (AvgIpc) is 2.54. The summed E-state index contributed by atoms with van der Waals surface area (Å²) in [6.07, 6.45) is 3.61. The van der Waals surface area contributed by atoms with E-state index in [4.69, 9.17) is 4.74 Å². The van der Waals surface area contributed by atoms with E-state index in [1.54, 1.807) is 49.4 Å². The van der Waals surface area contributed by atoms with Crippen LogP contribution in [-0.4, -0.2) is 17.5 Å². The van der Waals surface area contributed by atoms with Crippen LogP contribution >= 0.6 is 0 Å². The van der Waals surface area contributed by atoms with Gasteiger partial charge >= 0.3 is 5.97 Å². The van der Waals surface area contributed by atoms with Gasteiger partial charge in [0.25, 0.3) is 5.69 Å². The van der Waals surface area contributed by atoms with Crippen LogP contribution in [-0.2, 0) is 4.74 Å². The van der Waals surface area contributed by atoms with E-state index in [9.17, 15) is 14.9 Å². The third-order valence-electron chi connectivity index (χ3n) is 2.97. The highest BCUT2D eigenvalue weighted by Gasteiger charge is 2.05. The minimum Gasteiger partial charge on any atom is -0.462 e. The SMILES string of the molecule is CCOC(=O)c1ccc(/C=C/c2cccc([N+](=O)[O-])c2)cc1. The first kappa shape index (κ1) is 15.4. The van der Waals surface area contributed by atoms with Crippen molar-refractivity contribution in [3.05, 3.63) is 75.3 Å². The van der Waals surface area contributed by atoms with E-state index in [1.807, 2.05) is 6.08 Å². The van der Waals surface area contributed by atoms with Gasteiger partial charge in [0.05, 0.1) is 17.1 Å².